The maximum atomic E-state index is 13.2. The van der Waals surface area contributed by atoms with Gasteiger partial charge in [-0.25, -0.2) is 19.0 Å². The predicted octanol–water partition coefficient (Wildman–Crippen LogP) is 3.95. The van der Waals surface area contributed by atoms with E-state index < -0.39 is 5.25 Å². The second kappa shape index (κ2) is 8.31. The number of benzene rings is 2. The van der Waals surface area contributed by atoms with E-state index in [4.69, 9.17) is 5.26 Å². The third-order valence-electron chi connectivity index (χ3n) is 4.32. The number of nitriles is 1. The minimum atomic E-state index is -0.456. The molecule has 2 aromatic carbocycles. The number of nitrogens with zero attached hydrogens (tertiary/aromatic N) is 5. The highest BCUT2D eigenvalue weighted by Crippen LogP contribution is 2.29. The Balaban J connectivity index is 1.55. The SMILES string of the molecule is CC(Sc1ncnc2c1cnn2-c1ccc(F)cc1)C(=O)Nc1cccc(C#N)c1. The van der Waals surface area contributed by atoms with Gasteiger partial charge in [0.25, 0.3) is 0 Å². The van der Waals surface area contributed by atoms with E-state index in [9.17, 15) is 9.18 Å². The van der Waals surface area contributed by atoms with Gasteiger partial charge in [-0.2, -0.15) is 10.4 Å². The van der Waals surface area contributed by atoms with Crippen molar-refractivity contribution < 1.29 is 9.18 Å². The molecule has 0 saturated carbocycles. The fourth-order valence-electron chi connectivity index (χ4n) is 2.82. The molecule has 0 fully saturated rings. The molecule has 30 heavy (non-hydrogen) atoms. The molecule has 0 aliphatic rings. The van der Waals surface area contributed by atoms with Gasteiger partial charge in [0.1, 0.15) is 17.2 Å². The van der Waals surface area contributed by atoms with Crippen LogP contribution in [0.4, 0.5) is 10.1 Å². The van der Waals surface area contributed by atoms with E-state index in [0.717, 1.165) is 0 Å². The molecule has 1 unspecified atom stereocenters. The minimum Gasteiger partial charge on any atom is -0.325 e. The monoisotopic (exact) mass is 418 g/mol. The molecule has 0 saturated heterocycles. The fraction of sp³-hybridized carbons (Fsp3) is 0.0952. The topological polar surface area (TPSA) is 96.5 Å². The first-order valence-electron chi connectivity index (χ1n) is 8.97. The summed E-state index contributed by atoms with van der Waals surface area (Å²) >= 11 is 1.28. The molecular formula is C21H15FN6OS. The fourth-order valence-corrected chi connectivity index (χ4v) is 3.70. The standard InChI is InChI=1S/C21H15FN6OS/c1-13(20(29)27-16-4-2-3-14(9-16)10-23)30-21-18-11-26-28(19(18)24-12-25-21)17-7-5-15(22)6-8-17/h2-9,11-13H,1H3,(H,27,29). The number of anilines is 1. The van der Waals surface area contributed by atoms with Gasteiger partial charge in [-0.1, -0.05) is 17.8 Å². The number of thioether (sulfide) groups is 1. The number of halogens is 1. The van der Waals surface area contributed by atoms with Crippen LogP contribution in [0, 0.1) is 17.1 Å². The van der Waals surface area contributed by atoms with Gasteiger partial charge >= 0.3 is 0 Å². The molecular weight excluding hydrogens is 403 g/mol. The van der Waals surface area contributed by atoms with Crippen molar-refractivity contribution in [2.24, 2.45) is 0 Å². The molecule has 1 atom stereocenters. The summed E-state index contributed by atoms with van der Waals surface area (Å²) in [5, 5.41) is 17.0. The molecule has 1 amide bonds. The van der Waals surface area contributed by atoms with Gasteiger partial charge in [0.05, 0.1) is 34.2 Å². The van der Waals surface area contributed by atoms with Crippen LogP contribution >= 0.6 is 11.8 Å². The van der Waals surface area contributed by atoms with Crippen molar-refractivity contribution in [3.05, 3.63) is 72.4 Å². The van der Waals surface area contributed by atoms with Crippen molar-refractivity contribution in [2.75, 3.05) is 5.32 Å². The Morgan fingerprint density at radius 3 is 2.80 bits per heavy atom. The summed E-state index contributed by atoms with van der Waals surface area (Å²) in [5.74, 6) is -0.547. The van der Waals surface area contributed by atoms with Crippen molar-refractivity contribution in [1.82, 2.24) is 19.7 Å². The van der Waals surface area contributed by atoms with Crippen LogP contribution in [-0.4, -0.2) is 30.9 Å². The quantitative estimate of drug-likeness (QED) is 0.389. The molecule has 4 aromatic rings. The average Bonchev–Trinajstić information content (AvgIpc) is 3.19. The highest BCUT2D eigenvalue weighted by atomic mass is 32.2. The minimum absolute atomic E-state index is 0.215. The lowest BCUT2D eigenvalue weighted by molar-refractivity contribution is -0.115. The molecule has 148 valence electrons. The van der Waals surface area contributed by atoms with Crippen LogP contribution < -0.4 is 5.32 Å². The first-order valence-corrected chi connectivity index (χ1v) is 9.85. The van der Waals surface area contributed by atoms with Crippen molar-refractivity contribution in [3.8, 4) is 11.8 Å². The predicted molar refractivity (Wildman–Crippen MR) is 112 cm³/mol. The molecule has 2 aromatic heterocycles. The molecule has 7 nitrogen and oxygen atoms in total. The smallest absolute Gasteiger partial charge is 0.237 e. The van der Waals surface area contributed by atoms with Crippen LogP contribution in [0.5, 0.6) is 0 Å². The van der Waals surface area contributed by atoms with Crippen LogP contribution in [0.3, 0.4) is 0 Å². The van der Waals surface area contributed by atoms with Crippen LogP contribution in [0.1, 0.15) is 12.5 Å². The number of hydrogen-bond acceptors (Lipinski definition) is 6. The number of carbonyl (C=O) groups excluding carboxylic acids is 1. The first-order chi connectivity index (χ1) is 14.5. The lowest BCUT2D eigenvalue weighted by Crippen LogP contribution is -2.22. The maximum Gasteiger partial charge on any atom is 0.237 e. The number of fused-ring (bicyclic) bond motifs is 1. The number of nitrogens with one attached hydrogen (secondary N) is 1. The highest BCUT2D eigenvalue weighted by molar-refractivity contribution is 8.00. The second-order valence-electron chi connectivity index (χ2n) is 6.39. The molecule has 0 spiro atoms. The van der Waals surface area contributed by atoms with Gasteiger partial charge in [0.2, 0.25) is 5.91 Å². The molecule has 9 heteroatoms. The van der Waals surface area contributed by atoms with Crippen LogP contribution in [0.15, 0.2) is 66.1 Å². The third-order valence-corrected chi connectivity index (χ3v) is 5.43. The summed E-state index contributed by atoms with van der Waals surface area (Å²) in [7, 11) is 0. The van der Waals surface area contributed by atoms with Crippen LogP contribution in [-0.2, 0) is 4.79 Å². The van der Waals surface area contributed by atoms with Gasteiger partial charge in [0, 0.05) is 5.69 Å². The zero-order chi connectivity index (χ0) is 21.1. The molecule has 0 aliphatic heterocycles. The molecule has 0 aliphatic carbocycles. The Hall–Kier alpha value is -3.77. The summed E-state index contributed by atoms with van der Waals surface area (Å²) in [5.41, 5.74) is 2.26. The highest BCUT2D eigenvalue weighted by Gasteiger charge is 2.19. The van der Waals surface area contributed by atoms with Gasteiger partial charge in [0.15, 0.2) is 5.65 Å². The molecule has 4 rings (SSSR count). The summed E-state index contributed by atoms with van der Waals surface area (Å²) < 4.78 is 14.8. The molecule has 0 radical (unpaired) electrons. The number of rotatable bonds is 5. The zero-order valence-corrected chi connectivity index (χ0v) is 16.6. The van der Waals surface area contributed by atoms with E-state index in [-0.39, 0.29) is 11.7 Å². The van der Waals surface area contributed by atoms with Gasteiger partial charge in [-0.15, -0.1) is 0 Å². The lowest BCUT2D eigenvalue weighted by atomic mass is 10.2. The van der Waals surface area contributed by atoms with E-state index >= 15 is 0 Å². The Kier molecular flexibility index (Phi) is 5.41. The van der Waals surface area contributed by atoms with Gasteiger partial charge in [-0.05, 0) is 49.4 Å². The van der Waals surface area contributed by atoms with Crippen LogP contribution in [0.2, 0.25) is 0 Å². The average molecular weight is 418 g/mol. The Labute approximate surface area is 175 Å². The zero-order valence-electron chi connectivity index (χ0n) is 15.8. The maximum absolute atomic E-state index is 13.2. The summed E-state index contributed by atoms with van der Waals surface area (Å²) in [6.45, 7) is 1.77. The second-order valence-corrected chi connectivity index (χ2v) is 7.72. The van der Waals surface area contributed by atoms with Gasteiger partial charge in [-0.3, -0.25) is 4.79 Å². The normalized spacial score (nSPS) is 11.8. The first kappa shape index (κ1) is 19.5. The van der Waals surface area contributed by atoms with E-state index in [1.54, 1.807) is 54.2 Å². The van der Waals surface area contributed by atoms with E-state index in [1.807, 2.05) is 6.07 Å². The number of amides is 1. The Morgan fingerprint density at radius 2 is 2.03 bits per heavy atom. The number of aromatic nitrogens is 4. The van der Waals surface area contributed by atoms with Crippen LogP contribution in [0.25, 0.3) is 16.7 Å². The largest absolute Gasteiger partial charge is 0.325 e. The molecule has 0 bridgehead atoms. The van der Waals surface area contributed by atoms with Crippen molar-refractivity contribution in [1.29, 1.82) is 5.26 Å². The number of hydrogen-bond donors (Lipinski definition) is 1. The number of carbonyl (C=O) groups is 1. The Morgan fingerprint density at radius 1 is 1.23 bits per heavy atom. The van der Waals surface area contributed by atoms with Crippen molar-refractivity contribution in [2.45, 2.75) is 17.2 Å². The van der Waals surface area contributed by atoms with E-state index in [0.29, 0.717) is 33.0 Å². The van der Waals surface area contributed by atoms with Crippen molar-refractivity contribution >= 4 is 34.4 Å². The summed E-state index contributed by atoms with van der Waals surface area (Å²) in [6.07, 6.45) is 3.04. The lowest BCUT2D eigenvalue weighted by Gasteiger charge is -2.12. The van der Waals surface area contributed by atoms with Crippen molar-refractivity contribution in [3.63, 3.8) is 0 Å². The third kappa shape index (κ3) is 3.99. The van der Waals surface area contributed by atoms with E-state index in [1.165, 1.54) is 30.2 Å². The van der Waals surface area contributed by atoms with E-state index in [2.05, 4.69) is 20.4 Å². The Bertz CT molecular complexity index is 1260. The molecule has 2 heterocycles. The summed E-state index contributed by atoms with van der Waals surface area (Å²) in [4.78, 5) is 21.2. The molecule has 1 N–H and O–H groups in total. The summed E-state index contributed by atoms with van der Waals surface area (Å²) in [6, 6.07) is 14.7. The van der Waals surface area contributed by atoms with Gasteiger partial charge < -0.3 is 5.32 Å².